The summed E-state index contributed by atoms with van der Waals surface area (Å²) in [6, 6.07) is 4.24. The Morgan fingerprint density at radius 3 is 3.06 bits per heavy atom. The number of nitrogens with zero attached hydrogens (tertiary/aromatic N) is 2. The first-order valence-corrected chi connectivity index (χ1v) is 7.37. The third kappa shape index (κ3) is 2.05. The summed E-state index contributed by atoms with van der Waals surface area (Å²) in [7, 11) is 0. The number of fused-ring (bicyclic) bond motifs is 1. The second-order valence-corrected chi connectivity index (χ2v) is 6.54. The second kappa shape index (κ2) is 4.43. The zero-order valence-electron chi connectivity index (χ0n) is 10.9. The van der Waals surface area contributed by atoms with E-state index in [1.165, 1.54) is 23.2 Å². The average Bonchev–Trinajstić information content (AvgIpc) is 2.67. The van der Waals surface area contributed by atoms with Gasteiger partial charge in [0.15, 0.2) is 0 Å². The van der Waals surface area contributed by atoms with E-state index in [1.807, 2.05) is 6.92 Å². The van der Waals surface area contributed by atoms with Gasteiger partial charge in [0, 0.05) is 13.1 Å². The summed E-state index contributed by atoms with van der Waals surface area (Å²) >= 11 is 1.71. The highest BCUT2D eigenvalue weighted by Gasteiger charge is 2.19. The number of aryl methyl sites for hydroxylation is 1. The summed E-state index contributed by atoms with van der Waals surface area (Å²) < 4.78 is 1.19. The fourth-order valence-electron chi connectivity index (χ4n) is 2.78. The highest BCUT2D eigenvalue weighted by molar-refractivity contribution is 7.18. The monoisotopic (exact) mass is 261 g/mol. The van der Waals surface area contributed by atoms with Crippen LogP contribution in [-0.2, 0) is 0 Å². The van der Waals surface area contributed by atoms with Gasteiger partial charge in [0.1, 0.15) is 0 Å². The Morgan fingerprint density at radius 1 is 1.44 bits per heavy atom. The number of benzene rings is 1. The molecule has 4 heteroatoms. The minimum Gasteiger partial charge on any atom is -0.397 e. The molecule has 0 spiro atoms. The smallest absolute Gasteiger partial charge is 0.0907 e. The van der Waals surface area contributed by atoms with Crippen LogP contribution >= 0.6 is 11.3 Å². The lowest BCUT2D eigenvalue weighted by atomic mass is 9.99. The molecule has 2 N–H and O–H groups in total. The van der Waals surface area contributed by atoms with E-state index in [9.17, 15) is 0 Å². The van der Waals surface area contributed by atoms with Gasteiger partial charge in [-0.25, -0.2) is 4.98 Å². The van der Waals surface area contributed by atoms with Gasteiger partial charge in [-0.1, -0.05) is 6.92 Å². The van der Waals surface area contributed by atoms with Crippen molar-refractivity contribution in [2.24, 2.45) is 5.92 Å². The number of hydrogen-bond donors (Lipinski definition) is 1. The highest BCUT2D eigenvalue weighted by Crippen LogP contribution is 2.34. The lowest BCUT2D eigenvalue weighted by Crippen LogP contribution is -2.34. The molecule has 1 aliphatic heterocycles. The Morgan fingerprint density at radius 2 is 2.28 bits per heavy atom. The van der Waals surface area contributed by atoms with Crippen molar-refractivity contribution in [3.63, 3.8) is 0 Å². The van der Waals surface area contributed by atoms with Crippen molar-refractivity contribution in [3.05, 3.63) is 17.1 Å². The predicted molar refractivity (Wildman–Crippen MR) is 79.4 cm³/mol. The van der Waals surface area contributed by atoms with Gasteiger partial charge in [0.2, 0.25) is 0 Å². The van der Waals surface area contributed by atoms with Crippen LogP contribution in [0, 0.1) is 12.8 Å². The fourth-order valence-corrected chi connectivity index (χ4v) is 3.63. The molecular formula is C14H19N3S. The molecule has 1 atom stereocenters. The Hall–Kier alpha value is -1.29. The van der Waals surface area contributed by atoms with Crippen molar-refractivity contribution in [3.8, 4) is 0 Å². The molecule has 0 radical (unpaired) electrons. The molecule has 1 aromatic carbocycles. The van der Waals surface area contributed by atoms with Crippen LogP contribution in [0.5, 0.6) is 0 Å². The standard InChI is InChI=1S/C14H19N3S/c1-9-4-3-5-17(8-9)13-7-12-14(6-11(13)15)18-10(2)16-12/h6-7,9H,3-5,8,15H2,1-2H3. The Balaban J connectivity index is 2.02. The number of thiazole rings is 1. The lowest BCUT2D eigenvalue weighted by molar-refractivity contribution is 0.447. The van der Waals surface area contributed by atoms with Gasteiger partial charge in [-0.3, -0.25) is 0 Å². The Kier molecular flexibility index (Phi) is 2.90. The molecule has 1 fully saturated rings. The minimum atomic E-state index is 0.756. The van der Waals surface area contributed by atoms with Crippen molar-refractivity contribution in [2.75, 3.05) is 23.7 Å². The molecular weight excluding hydrogens is 242 g/mol. The van der Waals surface area contributed by atoms with Gasteiger partial charge >= 0.3 is 0 Å². The van der Waals surface area contributed by atoms with E-state index < -0.39 is 0 Å². The molecule has 2 aromatic rings. The van der Waals surface area contributed by atoms with Crippen molar-refractivity contribution in [1.29, 1.82) is 0 Å². The maximum atomic E-state index is 6.21. The van der Waals surface area contributed by atoms with Gasteiger partial charge in [-0.2, -0.15) is 0 Å². The van der Waals surface area contributed by atoms with Crippen LogP contribution < -0.4 is 10.6 Å². The van der Waals surface area contributed by atoms with E-state index in [-0.39, 0.29) is 0 Å². The summed E-state index contributed by atoms with van der Waals surface area (Å²) in [5.41, 5.74) is 9.35. The number of nitrogen functional groups attached to an aromatic ring is 1. The molecule has 96 valence electrons. The first kappa shape index (κ1) is 11.8. The SMILES string of the molecule is Cc1nc2cc(N3CCCC(C)C3)c(N)cc2s1. The fraction of sp³-hybridized carbons (Fsp3) is 0.500. The van der Waals surface area contributed by atoms with E-state index in [0.29, 0.717) is 0 Å². The summed E-state index contributed by atoms with van der Waals surface area (Å²) in [6.07, 6.45) is 2.59. The number of rotatable bonds is 1. The molecule has 0 saturated carbocycles. The van der Waals surface area contributed by atoms with Crippen molar-refractivity contribution >= 4 is 32.9 Å². The van der Waals surface area contributed by atoms with Crippen LogP contribution in [-0.4, -0.2) is 18.1 Å². The van der Waals surface area contributed by atoms with Gasteiger partial charge < -0.3 is 10.6 Å². The van der Waals surface area contributed by atoms with Crippen LogP contribution in [0.1, 0.15) is 24.8 Å². The topological polar surface area (TPSA) is 42.2 Å². The van der Waals surface area contributed by atoms with Crippen LogP contribution in [0.4, 0.5) is 11.4 Å². The summed E-state index contributed by atoms with van der Waals surface area (Å²) in [5, 5.41) is 1.11. The predicted octanol–water partition coefficient (Wildman–Crippen LogP) is 3.42. The summed E-state index contributed by atoms with van der Waals surface area (Å²) in [6.45, 7) is 6.58. The molecule has 0 bridgehead atoms. The summed E-state index contributed by atoms with van der Waals surface area (Å²) in [5.74, 6) is 0.756. The number of aromatic nitrogens is 1. The number of piperidine rings is 1. The molecule has 1 saturated heterocycles. The molecule has 1 aromatic heterocycles. The van der Waals surface area contributed by atoms with Gasteiger partial charge in [-0.15, -0.1) is 11.3 Å². The summed E-state index contributed by atoms with van der Waals surface area (Å²) in [4.78, 5) is 6.98. The van der Waals surface area contributed by atoms with E-state index in [1.54, 1.807) is 11.3 Å². The van der Waals surface area contributed by atoms with Crippen molar-refractivity contribution < 1.29 is 0 Å². The van der Waals surface area contributed by atoms with Crippen molar-refractivity contribution in [1.82, 2.24) is 4.98 Å². The van der Waals surface area contributed by atoms with Gasteiger partial charge in [0.05, 0.1) is 26.6 Å². The second-order valence-electron chi connectivity index (χ2n) is 5.31. The highest BCUT2D eigenvalue weighted by atomic mass is 32.1. The number of nitrogens with two attached hydrogens (primary N) is 1. The lowest BCUT2D eigenvalue weighted by Gasteiger charge is -2.33. The quantitative estimate of drug-likeness (QED) is 0.800. The molecule has 1 unspecified atom stereocenters. The normalized spacial score (nSPS) is 20.6. The average molecular weight is 261 g/mol. The van der Waals surface area contributed by atoms with Crippen molar-refractivity contribution in [2.45, 2.75) is 26.7 Å². The zero-order chi connectivity index (χ0) is 12.7. The van der Waals surface area contributed by atoms with Crippen LogP contribution in [0.3, 0.4) is 0 Å². The van der Waals surface area contributed by atoms with Gasteiger partial charge in [0.25, 0.3) is 0 Å². The minimum absolute atomic E-state index is 0.756. The third-order valence-electron chi connectivity index (χ3n) is 3.64. The molecule has 3 rings (SSSR count). The Labute approximate surface area is 112 Å². The molecule has 0 amide bonds. The van der Waals surface area contributed by atoms with Gasteiger partial charge in [-0.05, 0) is 37.8 Å². The first-order chi connectivity index (χ1) is 8.63. The zero-order valence-corrected chi connectivity index (χ0v) is 11.8. The van der Waals surface area contributed by atoms with Crippen LogP contribution in [0.15, 0.2) is 12.1 Å². The number of anilines is 2. The maximum Gasteiger partial charge on any atom is 0.0907 e. The van der Waals surface area contributed by atoms with E-state index in [2.05, 4.69) is 28.9 Å². The Bertz CT molecular complexity index is 576. The van der Waals surface area contributed by atoms with E-state index in [0.717, 1.165) is 35.2 Å². The molecule has 18 heavy (non-hydrogen) atoms. The number of hydrogen-bond acceptors (Lipinski definition) is 4. The van der Waals surface area contributed by atoms with Crippen LogP contribution in [0.25, 0.3) is 10.2 Å². The molecule has 3 nitrogen and oxygen atoms in total. The third-order valence-corrected chi connectivity index (χ3v) is 4.58. The van der Waals surface area contributed by atoms with E-state index >= 15 is 0 Å². The van der Waals surface area contributed by atoms with E-state index in [4.69, 9.17) is 5.73 Å². The maximum absolute atomic E-state index is 6.21. The van der Waals surface area contributed by atoms with Crippen LogP contribution in [0.2, 0.25) is 0 Å². The first-order valence-electron chi connectivity index (χ1n) is 6.55. The largest absolute Gasteiger partial charge is 0.397 e. The molecule has 1 aliphatic rings. The molecule has 0 aliphatic carbocycles. The molecule has 2 heterocycles.